The van der Waals surface area contributed by atoms with Gasteiger partial charge >= 0.3 is 5.97 Å². The first kappa shape index (κ1) is 13.9. The van der Waals surface area contributed by atoms with E-state index in [0.717, 1.165) is 25.9 Å². The summed E-state index contributed by atoms with van der Waals surface area (Å²) in [6.45, 7) is 3.49. The standard InChI is InChI=1S/C13H16N2O3S/c1-9(12(16)15-6-2-3-7-15)19-11-8-10(13(17)18)4-5-14-11/h4-5,8-9H,2-3,6-7H2,1H3,(H,17,18). The number of aromatic nitrogens is 1. The summed E-state index contributed by atoms with van der Waals surface area (Å²) in [6, 6.07) is 2.94. The fourth-order valence-corrected chi connectivity index (χ4v) is 2.96. The SMILES string of the molecule is CC(Sc1cc(C(=O)O)ccn1)C(=O)N1CCCC1. The highest BCUT2D eigenvalue weighted by Gasteiger charge is 2.24. The van der Waals surface area contributed by atoms with Crippen LogP contribution >= 0.6 is 11.8 Å². The zero-order chi connectivity index (χ0) is 13.8. The first-order valence-electron chi connectivity index (χ1n) is 6.22. The van der Waals surface area contributed by atoms with Gasteiger partial charge in [0, 0.05) is 19.3 Å². The van der Waals surface area contributed by atoms with Crippen molar-refractivity contribution in [2.75, 3.05) is 13.1 Å². The number of nitrogens with zero attached hydrogens (tertiary/aromatic N) is 2. The lowest BCUT2D eigenvalue weighted by Crippen LogP contribution is -2.34. The molecule has 1 fully saturated rings. The highest BCUT2D eigenvalue weighted by atomic mass is 32.2. The molecule has 0 bridgehead atoms. The van der Waals surface area contributed by atoms with Crippen LogP contribution in [0.3, 0.4) is 0 Å². The van der Waals surface area contributed by atoms with Crippen LogP contribution in [0.15, 0.2) is 23.4 Å². The second-order valence-electron chi connectivity index (χ2n) is 4.48. The quantitative estimate of drug-likeness (QED) is 0.853. The molecule has 1 aromatic rings. The molecule has 19 heavy (non-hydrogen) atoms. The minimum absolute atomic E-state index is 0.102. The first-order chi connectivity index (χ1) is 9.08. The Kier molecular flexibility index (Phi) is 4.42. The largest absolute Gasteiger partial charge is 0.478 e. The third-order valence-corrected chi connectivity index (χ3v) is 4.06. The van der Waals surface area contributed by atoms with Gasteiger partial charge in [-0.2, -0.15) is 0 Å². The van der Waals surface area contributed by atoms with Crippen molar-refractivity contribution in [3.05, 3.63) is 23.9 Å². The fourth-order valence-electron chi connectivity index (χ4n) is 2.03. The topological polar surface area (TPSA) is 70.5 Å². The molecule has 1 atom stereocenters. The van der Waals surface area contributed by atoms with Gasteiger partial charge in [-0.15, -0.1) is 0 Å². The molecule has 1 saturated heterocycles. The van der Waals surface area contributed by atoms with E-state index in [1.54, 1.807) is 0 Å². The van der Waals surface area contributed by atoms with Crippen molar-refractivity contribution >= 4 is 23.6 Å². The zero-order valence-electron chi connectivity index (χ0n) is 10.7. The van der Waals surface area contributed by atoms with Gasteiger partial charge in [-0.05, 0) is 31.9 Å². The Hall–Kier alpha value is -1.56. The zero-order valence-corrected chi connectivity index (χ0v) is 11.5. The number of carbonyl (C=O) groups excluding carboxylic acids is 1. The lowest BCUT2D eigenvalue weighted by atomic mass is 10.3. The minimum atomic E-state index is -0.984. The summed E-state index contributed by atoms with van der Waals surface area (Å²) in [5.74, 6) is -0.882. The van der Waals surface area contributed by atoms with Gasteiger partial charge in [-0.3, -0.25) is 4.79 Å². The molecule has 1 N–H and O–H groups in total. The number of amides is 1. The summed E-state index contributed by atoms with van der Waals surface area (Å²) in [5, 5.41) is 9.24. The van der Waals surface area contributed by atoms with Gasteiger partial charge in [0.05, 0.1) is 15.8 Å². The van der Waals surface area contributed by atoms with E-state index >= 15 is 0 Å². The minimum Gasteiger partial charge on any atom is -0.478 e. The number of carboxylic acids is 1. The highest BCUT2D eigenvalue weighted by Crippen LogP contribution is 2.24. The van der Waals surface area contributed by atoms with Crippen molar-refractivity contribution in [2.24, 2.45) is 0 Å². The van der Waals surface area contributed by atoms with E-state index in [0.29, 0.717) is 5.03 Å². The molecule has 0 saturated carbocycles. The molecule has 1 aliphatic rings. The molecule has 1 unspecified atom stereocenters. The number of carboxylic acid groups (broad SMARTS) is 1. The molecule has 0 aliphatic carbocycles. The second-order valence-corrected chi connectivity index (χ2v) is 5.84. The van der Waals surface area contributed by atoms with Crippen LogP contribution in [0.5, 0.6) is 0 Å². The number of pyridine rings is 1. The van der Waals surface area contributed by atoms with Gasteiger partial charge in [0.25, 0.3) is 0 Å². The van der Waals surface area contributed by atoms with E-state index in [2.05, 4.69) is 4.98 Å². The average Bonchev–Trinajstić information content (AvgIpc) is 2.92. The van der Waals surface area contributed by atoms with Gasteiger partial charge in [-0.1, -0.05) is 11.8 Å². The van der Waals surface area contributed by atoms with Crippen molar-refractivity contribution in [3.63, 3.8) is 0 Å². The van der Waals surface area contributed by atoms with Crippen LogP contribution in [0.25, 0.3) is 0 Å². The number of hydrogen-bond donors (Lipinski definition) is 1. The summed E-state index contributed by atoms with van der Waals surface area (Å²) in [5.41, 5.74) is 0.193. The Bertz CT molecular complexity index is 487. The molecule has 0 aromatic carbocycles. The van der Waals surface area contributed by atoms with Gasteiger partial charge in [0.2, 0.25) is 5.91 Å². The highest BCUT2D eigenvalue weighted by molar-refractivity contribution is 8.00. The van der Waals surface area contributed by atoms with E-state index in [9.17, 15) is 9.59 Å². The summed E-state index contributed by atoms with van der Waals surface area (Å²) in [4.78, 5) is 29.0. The molecule has 1 amide bonds. The lowest BCUT2D eigenvalue weighted by Gasteiger charge is -2.19. The van der Waals surface area contributed by atoms with E-state index in [-0.39, 0.29) is 16.7 Å². The molecule has 1 aliphatic heterocycles. The number of rotatable bonds is 4. The van der Waals surface area contributed by atoms with Crippen LogP contribution in [0.2, 0.25) is 0 Å². The normalized spacial score (nSPS) is 16.4. The van der Waals surface area contributed by atoms with E-state index in [1.807, 2.05) is 11.8 Å². The molecule has 5 nitrogen and oxygen atoms in total. The Morgan fingerprint density at radius 2 is 2.11 bits per heavy atom. The number of likely N-dealkylation sites (tertiary alicyclic amines) is 1. The van der Waals surface area contributed by atoms with E-state index < -0.39 is 5.97 Å². The summed E-state index contributed by atoms with van der Waals surface area (Å²) >= 11 is 1.30. The molecular weight excluding hydrogens is 264 g/mol. The molecule has 102 valence electrons. The number of carbonyl (C=O) groups is 2. The van der Waals surface area contributed by atoms with Crippen LogP contribution in [0, 0.1) is 0 Å². The molecular formula is C13H16N2O3S. The third kappa shape index (κ3) is 3.47. The molecule has 0 spiro atoms. The Balaban J connectivity index is 2.01. The van der Waals surface area contributed by atoms with Crippen molar-refractivity contribution in [3.8, 4) is 0 Å². The van der Waals surface area contributed by atoms with Crippen LogP contribution < -0.4 is 0 Å². The first-order valence-corrected chi connectivity index (χ1v) is 7.10. The fraction of sp³-hybridized carbons (Fsp3) is 0.462. The maximum Gasteiger partial charge on any atom is 0.335 e. The van der Waals surface area contributed by atoms with Crippen LogP contribution in [-0.4, -0.2) is 45.2 Å². The summed E-state index contributed by atoms with van der Waals surface area (Å²) in [7, 11) is 0. The van der Waals surface area contributed by atoms with Crippen LogP contribution in [-0.2, 0) is 4.79 Å². The van der Waals surface area contributed by atoms with Crippen molar-refractivity contribution in [2.45, 2.75) is 30.0 Å². The number of thioether (sulfide) groups is 1. The summed E-state index contributed by atoms with van der Waals surface area (Å²) < 4.78 is 0. The van der Waals surface area contributed by atoms with Gasteiger partial charge < -0.3 is 10.0 Å². The van der Waals surface area contributed by atoms with Crippen molar-refractivity contribution in [1.82, 2.24) is 9.88 Å². The van der Waals surface area contributed by atoms with Gasteiger partial charge in [0.1, 0.15) is 0 Å². The summed E-state index contributed by atoms with van der Waals surface area (Å²) in [6.07, 6.45) is 3.59. The van der Waals surface area contributed by atoms with Crippen molar-refractivity contribution < 1.29 is 14.7 Å². The molecule has 1 aromatic heterocycles. The Morgan fingerprint density at radius 1 is 1.42 bits per heavy atom. The predicted molar refractivity (Wildman–Crippen MR) is 72.3 cm³/mol. The number of aromatic carboxylic acids is 1. The maximum absolute atomic E-state index is 12.1. The van der Waals surface area contributed by atoms with Crippen LogP contribution in [0.4, 0.5) is 0 Å². The maximum atomic E-state index is 12.1. The molecule has 6 heteroatoms. The van der Waals surface area contributed by atoms with Gasteiger partial charge in [-0.25, -0.2) is 9.78 Å². The predicted octanol–water partition coefficient (Wildman–Crippen LogP) is 1.88. The average molecular weight is 280 g/mol. The third-order valence-electron chi connectivity index (χ3n) is 3.04. The van der Waals surface area contributed by atoms with Crippen molar-refractivity contribution in [1.29, 1.82) is 0 Å². The molecule has 2 heterocycles. The molecule has 0 radical (unpaired) electrons. The Labute approximate surface area is 116 Å². The Morgan fingerprint density at radius 3 is 2.74 bits per heavy atom. The van der Waals surface area contributed by atoms with Crippen LogP contribution in [0.1, 0.15) is 30.1 Å². The van der Waals surface area contributed by atoms with E-state index in [4.69, 9.17) is 5.11 Å². The van der Waals surface area contributed by atoms with Gasteiger partial charge in [0.15, 0.2) is 0 Å². The lowest BCUT2D eigenvalue weighted by molar-refractivity contribution is -0.129. The smallest absolute Gasteiger partial charge is 0.335 e. The molecule has 2 rings (SSSR count). The number of hydrogen-bond acceptors (Lipinski definition) is 4. The monoisotopic (exact) mass is 280 g/mol. The second kappa shape index (κ2) is 6.06. The van der Waals surface area contributed by atoms with E-state index in [1.165, 1.54) is 30.1 Å².